The molecule has 2 amide bonds. The van der Waals surface area contributed by atoms with Gasteiger partial charge in [-0.15, -0.1) is 0 Å². The number of rotatable bonds is 6. The van der Waals surface area contributed by atoms with Crippen molar-refractivity contribution in [3.63, 3.8) is 0 Å². The van der Waals surface area contributed by atoms with E-state index in [9.17, 15) is 14.0 Å². The summed E-state index contributed by atoms with van der Waals surface area (Å²) < 4.78 is 20.7. The fraction of sp³-hybridized carbons (Fsp3) is 0.517. The second kappa shape index (κ2) is 11.1. The Bertz CT molecular complexity index is 1080. The van der Waals surface area contributed by atoms with Crippen LogP contribution in [0.3, 0.4) is 0 Å². The van der Waals surface area contributed by atoms with Crippen molar-refractivity contribution >= 4 is 11.8 Å². The Morgan fingerprint density at radius 1 is 1.00 bits per heavy atom. The molecule has 2 aromatic carbocycles. The zero-order valence-electron chi connectivity index (χ0n) is 21.0. The molecule has 2 aromatic rings. The van der Waals surface area contributed by atoms with Gasteiger partial charge in [-0.3, -0.25) is 19.8 Å². The van der Waals surface area contributed by atoms with Gasteiger partial charge in [0.1, 0.15) is 17.7 Å². The van der Waals surface area contributed by atoms with E-state index in [0.717, 1.165) is 39.0 Å². The number of ether oxygens (including phenoxy) is 1. The number of likely N-dealkylation sites (N-methyl/N-ethyl adjacent to an activating group) is 1. The third kappa shape index (κ3) is 5.95. The molecule has 3 aliphatic rings. The van der Waals surface area contributed by atoms with Crippen molar-refractivity contribution in [3.05, 3.63) is 65.0 Å². The van der Waals surface area contributed by atoms with Gasteiger partial charge in [0, 0.05) is 38.2 Å². The fourth-order valence-corrected chi connectivity index (χ4v) is 5.82. The number of imide groups is 1. The van der Waals surface area contributed by atoms with E-state index in [0.29, 0.717) is 23.7 Å². The minimum atomic E-state index is -0.654. The number of nitrogens with zero attached hydrogens (tertiary/aromatic N) is 2. The molecule has 0 bridgehead atoms. The smallest absolute Gasteiger partial charge is 0.234 e. The maximum atomic E-state index is 14.5. The van der Waals surface area contributed by atoms with Crippen LogP contribution in [0, 0.1) is 5.82 Å². The molecule has 192 valence electrons. The summed E-state index contributed by atoms with van der Waals surface area (Å²) in [6.07, 6.45) is 4.96. The van der Waals surface area contributed by atoms with Gasteiger partial charge >= 0.3 is 0 Å². The molecular weight excluding hydrogens is 457 g/mol. The summed E-state index contributed by atoms with van der Waals surface area (Å²) in [4.78, 5) is 28.5. The average Bonchev–Trinajstić information content (AvgIpc) is 2.87. The predicted octanol–water partition coefficient (Wildman–Crippen LogP) is 4.20. The normalized spacial score (nSPS) is 24.5. The van der Waals surface area contributed by atoms with E-state index in [2.05, 4.69) is 46.4 Å². The summed E-state index contributed by atoms with van der Waals surface area (Å²) >= 11 is 0. The lowest BCUT2D eigenvalue weighted by Gasteiger charge is -2.32. The quantitative estimate of drug-likeness (QED) is 0.612. The van der Waals surface area contributed by atoms with Crippen molar-refractivity contribution in [1.82, 2.24) is 15.1 Å². The van der Waals surface area contributed by atoms with Gasteiger partial charge < -0.3 is 9.64 Å². The highest BCUT2D eigenvalue weighted by Crippen LogP contribution is 2.31. The standard InChI is InChI=1S/C29H36FN3O3/c1-32-14-2-3-22(19-32)21-6-4-20(5-7-21)18-33-15-12-23(13-16-33)36-24-8-10-27(30)26(17-24)25-9-11-28(34)31-29(25)35/h4-8,10,17,22-23,25H,2-3,9,11-16,18-19H2,1H3,(H,31,34,35)/t22-,25?/m1/s1. The Balaban J connectivity index is 1.12. The lowest BCUT2D eigenvalue weighted by atomic mass is 9.90. The summed E-state index contributed by atoms with van der Waals surface area (Å²) in [5, 5.41) is 2.31. The van der Waals surface area contributed by atoms with Crippen LogP contribution in [0.15, 0.2) is 42.5 Å². The minimum Gasteiger partial charge on any atom is -0.490 e. The summed E-state index contributed by atoms with van der Waals surface area (Å²) in [6.45, 7) is 5.18. The topological polar surface area (TPSA) is 61.9 Å². The molecular formula is C29H36FN3O3. The van der Waals surface area contributed by atoms with Crippen molar-refractivity contribution < 1.29 is 18.7 Å². The van der Waals surface area contributed by atoms with Gasteiger partial charge in [-0.1, -0.05) is 24.3 Å². The number of piperidine rings is 3. The number of nitrogens with one attached hydrogen (secondary N) is 1. The van der Waals surface area contributed by atoms with E-state index in [1.165, 1.54) is 36.6 Å². The van der Waals surface area contributed by atoms with Crippen molar-refractivity contribution in [2.75, 3.05) is 33.2 Å². The largest absolute Gasteiger partial charge is 0.490 e. The highest BCUT2D eigenvalue weighted by Gasteiger charge is 2.30. The molecule has 0 saturated carbocycles. The SMILES string of the molecule is CN1CCC[C@@H](c2ccc(CN3CCC(Oc4ccc(F)c(C5CCC(=O)NC5=O)c4)CC3)cc2)C1. The molecule has 2 atom stereocenters. The molecule has 3 fully saturated rings. The molecule has 1 unspecified atom stereocenters. The first-order valence-electron chi connectivity index (χ1n) is 13.2. The third-order valence-corrected chi connectivity index (χ3v) is 7.90. The van der Waals surface area contributed by atoms with Crippen molar-refractivity contribution in [1.29, 1.82) is 0 Å². The summed E-state index contributed by atoms with van der Waals surface area (Å²) in [6, 6.07) is 13.8. The molecule has 36 heavy (non-hydrogen) atoms. The molecule has 6 nitrogen and oxygen atoms in total. The lowest BCUT2D eigenvalue weighted by molar-refractivity contribution is -0.134. The number of carbonyl (C=O) groups excluding carboxylic acids is 2. The summed E-state index contributed by atoms with van der Waals surface area (Å²) in [7, 11) is 2.21. The third-order valence-electron chi connectivity index (χ3n) is 7.90. The first kappa shape index (κ1) is 24.9. The number of amides is 2. The van der Waals surface area contributed by atoms with E-state index >= 15 is 0 Å². The zero-order valence-corrected chi connectivity index (χ0v) is 21.0. The number of carbonyl (C=O) groups is 2. The van der Waals surface area contributed by atoms with Gasteiger partial charge in [0.05, 0.1) is 5.92 Å². The molecule has 0 aromatic heterocycles. The Morgan fingerprint density at radius 3 is 2.50 bits per heavy atom. The molecule has 0 radical (unpaired) electrons. The molecule has 0 aliphatic carbocycles. The average molecular weight is 494 g/mol. The Hall–Kier alpha value is -2.77. The summed E-state index contributed by atoms with van der Waals surface area (Å²) in [5.74, 6) is -0.601. The molecule has 3 saturated heterocycles. The Kier molecular flexibility index (Phi) is 7.67. The van der Waals surface area contributed by atoms with Crippen LogP contribution in [0.1, 0.15) is 67.1 Å². The van der Waals surface area contributed by atoms with Crippen LogP contribution >= 0.6 is 0 Å². The number of halogens is 1. The fourth-order valence-electron chi connectivity index (χ4n) is 5.82. The van der Waals surface area contributed by atoms with Crippen LogP contribution in [-0.2, 0) is 16.1 Å². The van der Waals surface area contributed by atoms with Crippen LogP contribution < -0.4 is 10.1 Å². The van der Waals surface area contributed by atoms with Gasteiger partial charge in [-0.2, -0.15) is 0 Å². The first-order chi connectivity index (χ1) is 17.4. The van der Waals surface area contributed by atoms with Crippen molar-refractivity contribution in [2.24, 2.45) is 0 Å². The van der Waals surface area contributed by atoms with Crippen LogP contribution in [0.2, 0.25) is 0 Å². The highest BCUT2D eigenvalue weighted by atomic mass is 19.1. The number of benzene rings is 2. The highest BCUT2D eigenvalue weighted by molar-refractivity contribution is 6.01. The van der Waals surface area contributed by atoms with Gasteiger partial charge in [0.2, 0.25) is 11.8 Å². The van der Waals surface area contributed by atoms with Crippen LogP contribution in [0.5, 0.6) is 5.75 Å². The maximum Gasteiger partial charge on any atom is 0.234 e. The molecule has 3 aliphatic heterocycles. The van der Waals surface area contributed by atoms with Crippen LogP contribution in [-0.4, -0.2) is 60.9 Å². The monoisotopic (exact) mass is 493 g/mol. The van der Waals surface area contributed by atoms with E-state index in [-0.39, 0.29) is 18.4 Å². The van der Waals surface area contributed by atoms with Crippen molar-refractivity contribution in [3.8, 4) is 5.75 Å². The lowest BCUT2D eigenvalue weighted by Crippen LogP contribution is -2.39. The second-order valence-electron chi connectivity index (χ2n) is 10.6. The van der Waals surface area contributed by atoms with Gasteiger partial charge in [0.15, 0.2) is 0 Å². The molecule has 5 rings (SSSR count). The molecule has 3 heterocycles. The molecule has 1 N–H and O–H groups in total. The predicted molar refractivity (Wildman–Crippen MR) is 136 cm³/mol. The zero-order chi connectivity index (χ0) is 25.1. The second-order valence-corrected chi connectivity index (χ2v) is 10.6. The Morgan fingerprint density at radius 2 is 1.78 bits per heavy atom. The van der Waals surface area contributed by atoms with Gasteiger partial charge in [-0.05, 0) is 80.9 Å². The maximum absolute atomic E-state index is 14.5. The first-order valence-corrected chi connectivity index (χ1v) is 13.2. The number of likely N-dealkylation sites (tertiary alicyclic amines) is 2. The minimum absolute atomic E-state index is 0.0620. The van der Waals surface area contributed by atoms with E-state index in [4.69, 9.17) is 4.74 Å². The Labute approximate surface area is 212 Å². The molecule has 0 spiro atoms. The van der Waals surface area contributed by atoms with E-state index < -0.39 is 17.6 Å². The van der Waals surface area contributed by atoms with E-state index in [1.807, 2.05) is 0 Å². The van der Waals surface area contributed by atoms with Crippen LogP contribution in [0.4, 0.5) is 4.39 Å². The number of hydrogen-bond donors (Lipinski definition) is 1. The molecule has 7 heteroatoms. The van der Waals surface area contributed by atoms with Crippen molar-refractivity contribution in [2.45, 2.75) is 63.0 Å². The van der Waals surface area contributed by atoms with Gasteiger partial charge in [0.25, 0.3) is 0 Å². The summed E-state index contributed by atoms with van der Waals surface area (Å²) in [5.41, 5.74) is 3.10. The van der Waals surface area contributed by atoms with Crippen LogP contribution in [0.25, 0.3) is 0 Å². The van der Waals surface area contributed by atoms with E-state index in [1.54, 1.807) is 12.1 Å². The van der Waals surface area contributed by atoms with Gasteiger partial charge in [-0.25, -0.2) is 4.39 Å². The number of hydrogen-bond acceptors (Lipinski definition) is 5.